The Balaban J connectivity index is 1.71. The molecule has 7 heteroatoms. The molecule has 2 aliphatic rings. The second-order valence-corrected chi connectivity index (χ2v) is 9.15. The average Bonchev–Trinajstić information content (AvgIpc) is 3.06. The van der Waals surface area contributed by atoms with Gasteiger partial charge in [-0.3, -0.25) is 9.59 Å². The van der Waals surface area contributed by atoms with Crippen molar-refractivity contribution in [2.24, 2.45) is 5.41 Å². The molecule has 148 valence electrons. The quantitative estimate of drug-likeness (QED) is 0.659. The summed E-state index contributed by atoms with van der Waals surface area (Å²) in [4.78, 5) is 26.1. The summed E-state index contributed by atoms with van der Waals surface area (Å²) in [5.74, 6) is -1.04. The van der Waals surface area contributed by atoms with E-state index in [9.17, 15) is 14.0 Å². The highest BCUT2D eigenvalue weighted by molar-refractivity contribution is 9.10. The van der Waals surface area contributed by atoms with Crippen molar-refractivity contribution in [1.82, 2.24) is 4.57 Å². The summed E-state index contributed by atoms with van der Waals surface area (Å²) in [6.07, 6.45) is 1.91. The molecule has 0 spiro atoms. The molecule has 2 heterocycles. The zero-order chi connectivity index (χ0) is 20.2. The van der Waals surface area contributed by atoms with E-state index in [0.717, 1.165) is 12.8 Å². The van der Waals surface area contributed by atoms with Crippen molar-refractivity contribution in [3.63, 3.8) is 0 Å². The molecule has 0 N–H and O–H groups in total. The van der Waals surface area contributed by atoms with Gasteiger partial charge in [0.1, 0.15) is 18.1 Å². The maximum atomic E-state index is 14.1. The van der Waals surface area contributed by atoms with Crippen LogP contribution in [-0.4, -0.2) is 23.0 Å². The largest absolute Gasteiger partial charge is 0.461 e. The number of aromatic nitrogens is 1. The smallest absolute Gasteiger partial charge is 0.302 e. The second kappa shape index (κ2) is 6.72. The molecule has 0 fully saturated rings. The van der Waals surface area contributed by atoms with E-state index >= 15 is 0 Å². The number of esters is 1. The SMILES string of the molecule is CC(=O)OCc1c(Br)cc(F)cc1N1CCn2c(cc3c2CC(C)(C)C3)C1=O. The van der Waals surface area contributed by atoms with Crippen LogP contribution in [0.5, 0.6) is 0 Å². The molecule has 0 bridgehead atoms. The van der Waals surface area contributed by atoms with E-state index in [0.29, 0.717) is 34.5 Å². The number of nitrogens with zero attached hydrogens (tertiary/aromatic N) is 2. The van der Waals surface area contributed by atoms with Crippen molar-refractivity contribution < 1.29 is 18.7 Å². The average molecular weight is 449 g/mol. The molecular formula is C21H22BrFN2O3. The lowest BCUT2D eigenvalue weighted by Crippen LogP contribution is -2.41. The molecule has 1 aliphatic heterocycles. The van der Waals surface area contributed by atoms with E-state index in [1.165, 1.54) is 30.3 Å². The monoisotopic (exact) mass is 448 g/mol. The molecule has 28 heavy (non-hydrogen) atoms. The number of halogens is 2. The number of fused-ring (bicyclic) bond motifs is 3. The highest BCUT2D eigenvalue weighted by Crippen LogP contribution is 2.40. The number of amides is 1. The lowest BCUT2D eigenvalue weighted by Gasteiger charge is -2.31. The maximum absolute atomic E-state index is 14.1. The fourth-order valence-corrected chi connectivity index (χ4v) is 4.82. The summed E-state index contributed by atoms with van der Waals surface area (Å²) in [6.45, 7) is 6.87. The molecule has 5 nitrogen and oxygen atoms in total. The Morgan fingerprint density at radius 2 is 2.00 bits per heavy atom. The molecule has 1 amide bonds. The summed E-state index contributed by atoms with van der Waals surface area (Å²) in [5, 5.41) is 0. The van der Waals surface area contributed by atoms with Gasteiger partial charge in [0.05, 0.1) is 5.69 Å². The van der Waals surface area contributed by atoms with Gasteiger partial charge in [-0.2, -0.15) is 0 Å². The Morgan fingerprint density at radius 3 is 2.71 bits per heavy atom. The number of ether oxygens (including phenoxy) is 1. The van der Waals surface area contributed by atoms with Gasteiger partial charge in [0.2, 0.25) is 0 Å². The first kappa shape index (κ1) is 19.2. The van der Waals surface area contributed by atoms with Crippen molar-refractivity contribution in [2.45, 2.75) is 46.8 Å². The molecule has 1 aromatic heterocycles. The van der Waals surface area contributed by atoms with Gasteiger partial charge in [-0.25, -0.2) is 4.39 Å². The summed E-state index contributed by atoms with van der Waals surface area (Å²) in [6, 6.07) is 4.63. The maximum Gasteiger partial charge on any atom is 0.302 e. The van der Waals surface area contributed by atoms with Gasteiger partial charge < -0.3 is 14.2 Å². The number of benzene rings is 1. The summed E-state index contributed by atoms with van der Waals surface area (Å²) in [5.41, 5.74) is 4.36. The fourth-order valence-electron chi connectivity index (χ4n) is 4.29. The zero-order valence-corrected chi connectivity index (χ0v) is 17.7. The zero-order valence-electron chi connectivity index (χ0n) is 16.1. The predicted molar refractivity (Wildman–Crippen MR) is 107 cm³/mol. The van der Waals surface area contributed by atoms with Crippen LogP contribution in [0.3, 0.4) is 0 Å². The molecule has 2 aromatic rings. The molecular weight excluding hydrogens is 427 g/mol. The first-order valence-corrected chi connectivity index (χ1v) is 10.1. The van der Waals surface area contributed by atoms with Crippen molar-refractivity contribution in [3.8, 4) is 0 Å². The van der Waals surface area contributed by atoms with E-state index in [2.05, 4.69) is 34.3 Å². The van der Waals surface area contributed by atoms with Gasteiger partial charge in [0, 0.05) is 35.7 Å². The van der Waals surface area contributed by atoms with Crippen molar-refractivity contribution in [2.75, 3.05) is 11.4 Å². The number of carbonyl (C=O) groups excluding carboxylic acids is 2. The van der Waals surface area contributed by atoms with Crippen molar-refractivity contribution in [3.05, 3.63) is 51.0 Å². The van der Waals surface area contributed by atoms with Crippen LogP contribution >= 0.6 is 15.9 Å². The van der Waals surface area contributed by atoms with Gasteiger partial charge in [0.15, 0.2) is 0 Å². The number of rotatable bonds is 3. The summed E-state index contributed by atoms with van der Waals surface area (Å²) < 4.78 is 21.8. The Hall–Kier alpha value is -2.15. The number of hydrogen-bond acceptors (Lipinski definition) is 3. The first-order valence-electron chi connectivity index (χ1n) is 9.31. The van der Waals surface area contributed by atoms with Crippen LogP contribution in [0, 0.1) is 11.2 Å². The minimum absolute atomic E-state index is 0.0268. The summed E-state index contributed by atoms with van der Waals surface area (Å²) >= 11 is 3.34. The molecule has 0 saturated heterocycles. The van der Waals surface area contributed by atoms with Crippen LogP contribution in [0.1, 0.15) is 48.1 Å². The Labute approximate surface area is 171 Å². The third-order valence-electron chi connectivity index (χ3n) is 5.47. The van der Waals surface area contributed by atoms with E-state index in [1.54, 1.807) is 4.90 Å². The van der Waals surface area contributed by atoms with Crippen LogP contribution in [0.4, 0.5) is 10.1 Å². The molecule has 0 atom stereocenters. The van der Waals surface area contributed by atoms with Gasteiger partial charge in [-0.15, -0.1) is 0 Å². The molecule has 0 unspecified atom stereocenters. The Bertz CT molecular complexity index is 996. The minimum atomic E-state index is -0.452. The van der Waals surface area contributed by atoms with E-state index in [-0.39, 0.29) is 17.9 Å². The van der Waals surface area contributed by atoms with Crippen LogP contribution in [0.15, 0.2) is 22.7 Å². The van der Waals surface area contributed by atoms with Crippen LogP contribution in [-0.2, 0) is 35.5 Å². The van der Waals surface area contributed by atoms with Crippen molar-refractivity contribution in [1.29, 1.82) is 0 Å². The van der Waals surface area contributed by atoms with Crippen molar-refractivity contribution >= 4 is 33.5 Å². The van der Waals surface area contributed by atoms with Crippen LogP contribution in [0.25, 0.3) is 0 Å². The van der Waals surface area contributed by atoms with Gasteiger partial charge in [-0.1, -0.05) is 29.8 Å². The van der Waals surface area contributed by atoms with Gasteiger partial charge in [-0.05, 0) is 42.0 Å². The fraction of sp³-hybridized carbons (Fsp3) is 0.429. The van der Waals surface area contributed by atoms with Gasteiger partial charge in [0.25, 0.3) is 5.91 Å². The third-order valence-corrected chi connectivity index (χ3v) is 6.18. The number of hydrogen-bond donors (Lipinski definition) is 0. The molecule has 1 aromatic carbocycles. The Kier molecular flexibility index (Phi) is 4.61. The number of anilines is 1. The normalized spacial score (nSPS) is 17.5. The highest BCUT2D eigenvalue weighted by Gasteiger charge is 2.37. The predicted octanol–water partition coefficient (Wildman–Crippen LogP) is 4.24. The lowest BCUT2D eigenvalue weighted by atomic mass is 9.90. The highest BCUT2D eigenvalue weighted by atomic mass is 79.9. The molecule has 4 rings (SSSR count). The van der Waals surface area contributed by atoms with E-state index < -0.39 is 11.8 Å². The van der Waals surface area contributed by atoms with E-state index in [1.807, 2.05) is 6.07 Å². The second-order valence-electron chi connectivity index (χ2n) is 8.29. The molecule has 0 radical (unpaired) electrons. The topological polar surface area (TPSA) is 51.5 Å². The summed E-state index contributed by atoms with van der Waals surface area (Å²) in [7, 11) is 0. The van der Waals surface area contributed by atoms with Gasteiger partial charge >= 0.3 is 5.97 Å². The third kappa shape index (κ3) is 3.26. The molecule has 0 saturated carbocycles. The number of carbonyl (C=O) groups is 2. The van der Waals surface area contributed by atoms with Crippen LogP contribution < -0.4 is 4.90 Å². The standard InChI is InChI=1S/C21H22BrFN2O3/c1-12(26)28-11-15-16(22)7-14(23)8-17(15)25-5-4-24-18(20(25)27)6-13-9-21(2,3)10-19(13)24/h6-8H,4-5,9-11H2,1-3H3. The lowest BCUT2D eigenvalue weighted by molar-refractivity contribution is -0.142. The minimum Gasteiger partial charge on any atom is -0.461 e. The molecule has 1 aliphatic carbocycles. The first-order chi connectivity index (χ1) is 13.2. The van der Waals surface area contributed by atoms with E-state index in [4.69, 9.17) is 4.74 Å². The Morgan fingerprint density at radius 1 is 1.25 bits per heavy atom. The van der Waals surface area contributed by atoms with Crippen LogP contribution in [0.2, 0.25) is 0 Å².